The van der Waals surface area contributed by atoms with Crippen LogP contribution in [0.2, 0.25) is 0 Å². The van der Waals surface area contributed by atoms with Crippen molar-refractivity contribution < 1.29 is 14.4 Å². The zero-order chi connectivity index (χ0) is 17.1. The van der Waals surface area contributed by atoms with Crippen molar-refractivity contribution in [2.75, 3.05) is 25.2 Å². The number of benzene rings is 1. The molecule has 24 heavy (non-hydrogen) atoms. The zero-order valence-corrected chi connectivity index (χ0v) is 14.7. The maximum absolute atomic E-state index is 12.8. The Morgan fingerprint density at radius 3 is 2.83 bits per heavy atom. The summed E-state index contributed by atoms with van der Waals surface area (Å²) in [4.78, 5) is 33.9. The lowest BCUT2D eigenvalue weighted by atomic mass is 10.0. The molecule has 1 fully saturated rings. The molecule has 0 aliphatic carbocycles. The van der Waals surface area contributed by atoms with Crippen LogP contribution >= 0.6 is 11.8 Å². The number of oxime groups is 1. The van der Waals surface area contributed by atoms with Gasteiger partial charge in [0.1, 0.15) is 11.8 Å². The second-order valence-corrected chi connectivity index (χ2v) is 6.89. The molecule has 1 aromatic rings. The number of carbonyl (C=O) groups is 2. The van der Waals surface area contributed by atoms with Gasteiger partial charge in [-0.1, -0.05) is 35.5 Å². The third kappa shape index (κ3) is 3.26. The monoisotopic (exact) mass is 347 g/mol. The molecule has 3 rings (SSSR count). The number of carbonyl (C=O) groups excluding carboxylic acids is 2. The van der Waals surface area contributed by atoms with Crippen LogP contribution in [0, 0.1) is 0 Å². The Morgan fingerprint density at radius 2 is 2.12 bits per heavy atom. The van der Waals surface area contributed by atoms with Crippen molar-refractivity contribution in [3.05, 3.63) is 35.9 Å². The number of rotatable bonds is 4. The van der Waals surface area contributed by atoms with Crippen molar-refractivity contribution in [1.82, 2.24) is 9.80 Å². The first-order valence-corrected chi connectivity index (χ1v) is 9.18. The Bertz CT molecular complexity index is 650. The maximum Gasteiger partial charge on any atom is 0.273 e. The molecule has 0 saturated carbocycles. The molecular weight excluding hydrogens is 326 g/mol. The molecule has 0 radical (unpaired) electrons. The van der Waals surface area contributed by atoms with Crippen LogP contribution < -0.4 is 0 Å². The summed E-state index contributed by atoms with van der Waals surface area (Å²) in [5, 5.41) is 3.99. The van der Waals surface area contributed by atoms with E-state index < -0.39 is 6.04 Å². The maximum atomic E-state index is 12.8. The van der Waals surface area contributed by atoms with Gasteiger partial charge in [-0.25, -0.2) is 0 Å². The van der Waals surface area contributed by atoms with Crippen LogP contribution in [-0.4, -0.2) is 58.6 Å². The summed E-state index contributed by atoms with van der Waals surface area (Å²) in [6.07, 6.45) is 0.210. The van der Waals surface area contributed by atoms with E-state index in [0.717, 1.165) is 5.56 Å². The molecule has 128 valence electrons. The molecule has 2 atom stereocenters. The number of nitrogens with zero attached hydrogens (tertiary/aromatic N) is 3. The summed E-state index contributed by atoms with van der Waals surface area (Å²) >= 11 is 1.59. The Hall–Kier alpha value is -2.02. The van der Waals surface area contributed by atoms with E-state index >= 15 is 0 Å². The summed E-state index contributed by atoms with van der Waals surface area (Å²) in [5.41, 5.74) is 1.39. The summed E-state index contributed by atoms with van der Waals surface area (Å²) in [5.74, 6) is 0.934. The van der Waals surface area contributed by atoms with E-state index in [1.54, 1.807) is 28.6 Å². The Labute approximate surface area is 145 Å². The highest BCUT2D eigenvalue weighted by atomic mass is 32.2. The van der Waals surface area contributed by atoms with Crippen LogP contribution in [0.5, 0.6) is 0 Å². The Morgan fingerprint density at radius 1 is 1.38 bits per heavy atom. The van der Waals surface area contributed by atoms with Crippen molar-refractivity contribution in [3.63, 3.8) is 0 Å². The van der Waals surface area contributed by atoms with Gasteiger partial charge in [-0.2, -0.15) is 0 Å². The average molecular weight is 347 g/mol. The summed E-state index contributed by atoms with van der Waals surface area (Å²) in [7, 11) is 1.76. The van der Waals surface area contributed by atoms with Crippen molar-refractivity contribution in [2.24, 2.45) is 5.16 Å². The smallest absolute Gasteiger partial charge is 0.273 e. The van der Waals surface area contributed by atoms with Crippen LogP contribution in [0.3, 0.4) is 0 Å². The van der Waals surface area contributed by atoms with Gasteiger partial charge in [0.05, 0.1) is 5.88 Å². The molecule has 0 N–H and O–H groups in total. The molecule has 7 heteroatoms. The largest absolute Gasteiger partial charge is 0.387 e. The van der Waals surface area contributed by atoms with E-state index in [-0.39, 0.29) is 17.9 Å². The van der Waals surface area contributed by atoms with E-state index in [9.17, 15) is 9.59 Å². The number of hydrogen-bond donors (Lipinski definition) is 0. The van der Waals surface area contributed by atoms with Crippen LogP contribution in [-0.2, 0) is 14.4 Å². The predicted octanol–water partition coefficient (Wildman–Crippen LogP) is 1.88. The molecular formula is C17H21N3O3S. The first kappa shape index (κ1) is 16.8. The van der Waals surface area contributed by atoms with Gasteiger partial charge >= 0.3 is 0 Å². The molecule has 0 unspecified atom stereocenters. The molecule has 0 spiro atoms. The van der Waals surface area contributed by atoms with E-state index in [0.29, 0.717) is 30.3 Å². The standard InChI is InChI=1S/C17H21N3O3S/c1-3-19(2)17(22)14-10-24-11-20(14)16(21)13-9-15(23-18-13)12-7-5-4-6-8-12/h4-8,14-15H,3,9-11H2,1-2H3/t14-,15-/m0/s1. The van der Waals surface area contributed by atoms with Gasteiger partial charge in [-0.15, -0.1) is 11.8 Å². The highest BCUT2D eigenvalue weighted by Gasteiger charge is 2.39. The summed E-state index contributed by atoms with van der Waals surface area (Å²) in [6.45, 7) is 2.55. The lowest BCUT2D eigenvalue weighted by Crippen LogP contribution is -2.49. The third-order valence-corrected chi connectivity index (χ3v) is 5.38. The molecule has 2 heterocycles. The van der Waals surface area contributed by atoms with E-state index in [4.69, 9.17) is 4.84 Å². The number of likely N-dealkylation sites (N-methyl/N-ethyl adjacent to an activating group) is 1. The highest BCUT2D eigenvalue weighted by molar-refractivity contribution is 7.99. The summed E-state index contributed by atoms with van der Waals surface area (Å²) < 4.78 is 0. The lowest BCUT2D eigenvalue weighted by Gasteiger charge is -2.26. The zero-order valence-electron chi connectivity index (χ0n) is 13.8. The van der Waals surface area contributed by atoms with Gasteiger partial charge in [-0.3, -0.25) is 9.59 Å². The fourth-order valence-electron chi connectivity index (χ4n) is 2.77. The molecule has 2 amide bonds. The van der Waals surface area contributed by atoms with Crippen LogP contribution in [0.25, 0.3) is 0 Å². The summed E-state index contributed by atoms with van der Waals surface area (Å²) in [6, 6.07) is 9.32. The minimum absolute atomic E-state index is 0.0185. The SMILES string of the molecule is CCN(C)C(=O)[C@@H]1CSCN1C(=O)C1=NO[C@H](c2ccccc2)C1. The van der Waals surface area contributed by atoms with Crippen molar-refractivity contribution in [1.29, 1.82) is 0 Å². The topological polar surface area (TPSA) is 62.2 Å². The molecule has 2 aliphatic heterocycles. The van der Waals surface area contributed by atoms with Crippen LogP contribution in [0.4, 0.5) is 0 Å². The first-order valence-electron chi connectivity index (χ1n) is 8.03. The quantitative estimate of drug-likeness (QED) is 0.834. The van der Waals surface area contributed by atoms with Gasteiger partial charge in [0.15, 0.2) is 6.10 Å². The Kier molecular flexibility index (Phi) is 5.08. The second kappa shape index (κ2) is 7.25. The number of amides is 2. The fraction of sp³-hybridized carbons (Fsp3) is 0.471. The second-order valence-electron chi connectivity index (χ2n) is 5.89. The molecule has 2 aliphatic rings. The third-order valence-electron chi connectivity index (χ3n) is 4.37. The fourth-order valence-corrected chi connectivity index (χ4v) is 3.92. The van der Waals surface area contributed by atoms with E-state index in [1.165, 1.54) is 0 Å². The Balaban J connectivity index is 1.67. The van der Waals surface area contributed by atoms with E-state index in [1.807, 2.05) is 37.3 Å². The van der Waals surface area contributed by atoms with Gasteiger partial charge in [0.25, 0.3) is 5.91 Å². The van der Waals surface area contributed by atoms with Crippen LogP contribution in [0.1, 0.15) is 25.0 Å². The minimum Gasteiger partial charge on any atom is -0.387 e. The molecule has 0 aromatic heterocycles. The van der Waals surface area contributed by atoms with Gasteiger partial charge in [-0.05, 0) is 12.5 Å². The number of thioether (sulfide) groups is 1. The van der Waals surface area contributed by atoms with Crippen LogP contribution in [0.15, 0.2) is 35.5 Å². The normalized spacial score (nSPS) is 22.9. The molecule has 1 saturated heterocycles. The molecule has 0 bridgehead atoms. The van der Waals surface area contributed by atoms with Crippen molar-refractivity contribution >= 4 is 29.3 Å². The molecule has 1 aromatic carbocycles. The number of hydrogen-bond acceptors (Lipinski definition) is 5. The average Bonchev–Trinajstić information content (AvgIpc) is 3.30. The predicted molar refractivity (Wildman–Crippen MR) is 93.6 cm³/mol. The van der Waals surface area contributed by atoms with Gasteiger partial charge in [0.2, 0.25) is 5.91 Å². The van der Waals surface area contributed by atoms with E-state index in [2.05, 4.69) is 5.16 Å². The van der Waals surface area contributed by atoms with Gasteiger partial charge in [0, 0.05) is 25.8 Å². The van der Waals surface area contributed by atoms with Gasteiger partial charge < -0.3 is 14.6 Å². The van der Waals surface area contributed by atoms with Crippen molar-refractivity contribution in [2.45, 2.75) is 25.5 Å². The highest BCUT2D eigenvalue weighted by Crippen LogP contribution is 2.29. The first-order chi connectivity index (χ1) is 11.6. The van der Waals surface area contributed by atoms with Crippen molar-refractivity contribution in [3.8, 4) is 0 Å². The lowest BCUT2D eigenvalue weighted by molar-refractivity contribution is -0.139. The molecule has 6 nitrogen and oxygen atoms in total. The minimum atomic E-state index is -0.411.